The lowest BCUT2D eigenvalue weighted by atomic mass is 10.3. The van der Waals surface area contributed by atoms with Crippen LogP contribution in [0, 0.1) is 0 Å². The number of hydrogen-bond acceptors (Lipinski definition) is 3. The molecule has 0 amide bonds. The molecule has 1 aliphatic heterocycles. The summed E-state index contributed by atoms with van der Waals surface area (Å²) in [6.45, 7) is 1.15. The Morgan fingerprint density at radius 1 is 1.57 bits per heavy atom. The average Bonchev–Trinajstić information content (AvgIpc) is 2.98. The zero-order valence-corrected chi connectivity index (χ0v) is 8.20. The molecule has 1 saturated heterocycles. The second kappa shape index (κ2) is 4.08. The van der Waals surface area contributed by atoms with Crippen molar-refractivity contribution in [2.24, 2.45) is 0 Å². The molecular weight excluding hydrogens is 204 g/mol. The van der Waals surface area contributed by atoms with Crippen LogP contribution in [-0.4, -0.2) is 28.1 Å². The summed E-state index contributed by atoms with van der Waals surface area (Å²) in [7, 11) is 0. The minimum Gasteiger partial charge on any atom is -0.489 e. The van der Waals surface area contributed by atoms with E-state index in [0.717, 1.165) is 0 Å². The Morgan fingerprint density at radius 2 is 2.29 bits per heavy atom. The monoisotopic (exact) mass is 214 g/mol. The minimum atomic E-state index is -2.00. The summed E-state index contributed by atoms with van der Waals surface area (Å²) in [6, 6.07) is 6.70. The van der Waals surface area contributed by atoms with E-state index in [-0.39, 0.29) is 6.10 Å². The Morgan fingerprint density at radius 3 is 2.93 bits per heavy atom. The largest absolute Gasteiger partial charge is 0.489 e. The van der Waals surface area contributed by atoms with Crippen molar-refractivity contribution in [2.45, 2.75) is 11.0 Å². The lowest BCUT2D eigenvalue weighted by molar-refractivity contribution is 0.258. The average molecular weight is 214 g/mol. The van der Waals surface area contributed by atoms with E-state index in [0.29, 0.717) is 23.9 Å². The summed E-state index contributed by atoms with van der Waals surface area (Å²) in [4.78, 5) is 0.299. The highest BCUT2D eigenvalue weighted by Gasteiger charge is 2.23. The van der Waals surface area contributed by atoms with Gasteiger partial charge in [0.05, 0.1) is 6.61 Å². The van der Waals surface area contributed by atoms with Gasteiger partial charge in [0.25, 0.3) is 0 Å². The molecule has 14 heavy (non-hydrogen) atoms. The van der Waals surface area contributed by atoms with Crippen molar-refractivity contribution in [3.05, 3.63) is 24.3 Å². The van der Waals surface area contributed by atoms with Gasteiger partial charge in [-0.25, -0.2) is 4.21 Å². The van der Waals surface area contributed by atoms with Gasteiger partial charge in [-0.15, -0.1) is 0 Å². The fourth-order valence-corrected chi connectivity index (χ4v) is 1.55. The number of hydrogen-bond donors (Lipinski definition) is 1. The molecule has 2 unspecified atom stereocenters. The predicted octanol–water partition coefficient (Wildman–Crippen LogP) is 1.04. The van der Waals surface area contributed by atoms with Gasteiger partial charge in [-0.2, -0.15) is 0 Å². The van der Waals surface area contributed by atoms with Crippen molar-refractivity contribution in [1.29, 1.82) is 0 Å². The van der Waals surface area contributed by atoms with Gasteiger partial charge >= 0.3 is 0 Å². The molecule has 1 fully saturated rings. The fraction of sp³-hybridized carbons (Fsp3) is 0.333. The summed E-state index contributed by atoms with van der Waals surface area (Å²) in [5.41, 5.74) is 0. The van der Waals surface area contributed by atoms with Crippen molar-refractivity contribution in [2.75, 3.05) is 13.2 Å². The van der Waals surface area contributed by atoms with E-state index in [2.05, 4.69) is 0 Å². The molecule has 0 saturated carbocycles. The van der Waals surface area contributed by atoms with Crippen LogP contribution in [0.15, 0.2) is 29.2 Å². The van der Waals surface area contributed by atoms with Gasteiger partial charge in [-0.3, -0.25) is 0 Å². The molecule has 0 bridgehead atoms. The highest BCUT2D eigenvalue weighted by molar-refractivity contribution is 7.79. The van der Waals surface area contributed by atoms with E-state index in [4.69, 9.17) is 14.0 Å². The number of epoxide rings is 1. The van der Waals surface area contributed by atoms with Crippen LogP contribution in [0.4, 0.5) is 0 Å². The van der Waals surface area contributed by atoms with Crippen LogP contribution in [0.1, 0.15) is 0 Å². The second-order valence-electron chi connectivity index (χ2n) is 2.96. The van der Waals surface area contributed by atoms with Crippen molar-refractivity contribution < 1.29 is 18.2 Å². The molecule has 4 nitrogen and oxygen atoms in total. The van der Waals surface area contributed by atoms with E-state index in [9.17, 15) is 4.21 Å². The van der Waals surface area contributed by atoms with Crippen LogP contribution in [0.2, 0.25) is 0 Å². The molecule has 1 aromatic carbocycles. The van der Waals surface area contributed by atoms with Gasteiger partial charge in [0.15, 0.2) is 11.1 Å². The fourth-order valence-electron chi connectivity index (χ4n) is 1.06. The Kier molecular flexibility index (Phi) is 2.81. The highest BCUT2D eigenvalue weighted by Crippen LogP contribution is 2.22. The molecule has 5 heteroatoms. The third-order valence-electron chi connectivity index (χ3n) is 1.86. The Bertz CT molecular complexity index is 348. The first kappa shape index (κ1) is 9.64. The van der Waals surface area contributed by atoms with Gasteiger partial charge in [0.2, 0.25) is 0 Å². The van der Waals surface area contributed by atoms with E-state index in [1.165, 1.54) is 0 Å². The topological polar surface area (TPSA) is 59.1 Å². The van der Waals surface area contributed by atoms with Gasteiger partial charge in [-0.1, -0.05) is 12.1 Å². The molecular formula is C9H10O4S. The summed E-state index contributed by atoms with van der Waals surface area (Å²) < 4.78 is 30.1. The third-order valence-corrected chi connectivity index (χ3v) is 2.58. The first-order valence-corrected chi connectivity index (χ1v) is 5.32. The Labute approximate surface area is 84.1 Å². The highest BCUT2D eigenvalue weighted by atomic mass is 32.2. The van der Waals surface area contributed by atoms with Crippen molar-refractivity contribution in [3.8, 4) is 5.75 Å². The molecule has 1 aliphatic rings. The van der Waals surface area contributed by atoms with Crippen LogP contribution in [0.3, 0.4) is 0 Å². The zero-order chi connectivity index (χ0) is 9.97. The molecule has 1 aromatic rings. The molecule has 0 radical (unpaired) electrons. The molecule has 0 spiro atoms. The second-order valence-corrected chi connectivity index (χ2v) is 3.90. The van der Waals surface area contributed by atoms with Crippen molar-refractivity contribution >= 4 is 11.1 Å². The van der Waals surface area contributed by atoms with Crippen LogP contribution >= 0.6 is 0 Å². The van der Waals surface area contributed by atoms with Gasteiger partial charge in [-0.05, 0) is 12.1 Å². The lowest BCUT2D eigenvalue weighted by Gasteiger charge is -2.06. The molecule has 1 heterocycles. The molecule has 1 N–H and O–H groups in total. The van der Waals surface area contributed by atoms with E-state index in [1.807, 2.05) is 0 Å². The first-order chi connectivity index (χ1) is 6.77. The Balaban J connectivity index is 2.09. The van der Waals surface area contributed by atoms with E-state index in [1.54, 1.807) is 24.3 Å². The molecule has 0 aliphatic carbocycles. The van der Waals surface area contributed by atoms with Crippen molar-refractivity contribution in [1.82, 2.24) is 0 Å². The maximum absolute atomic E-state index is 10.9. The quantitative estimate of drug-likeness (QED) is 0.601. The first-order valence-electron chi connectivity index (χ1n) is 4.21. The predicted molar refractivity (Wildman–Crippen MR) is 50.7 cm³/mol. The zero-order valence-electron chi connectivity index (χ0n) is 7.38. The maximum atomic E-state index is 10.9. The van der Waals surface area contributed by atoms with Crippen molar-refractivity contribution in [3.63, 3.8) is 0 Å². The third kappa shape index (κ3) is 2.31. The number of rotatable bonds is 4. The lowest BCUT2D eigenvalue weighted by Crippen LogP contribution is -2.06. The number of ether oxygens (including phenoxy) is 2. The Hall–Kier alpha value is -0.910. The van der Waals surface area contributed by atoms with Crippen LogP contribution in [0.25, 0.3) is 0 Å². The summed E-state index contributed by atoms with van der Waals surface area (Å²) in [5, 5.41) is 0. The molecule has 0 aromatic heterocycles. The van der Waals surface area contributed by atoms with E-state index >= 15 is 0 Å². The molecule has 2 rings (SSSR count). The SMILES string of the molecule is O=S(O)c1ccccc1OCC1CO1. The smallest absolute Gasteiger partial charge is 0.190 e. The molecule has 2 atom stereocenters. The number of para-hydroxylation sites is 1. The summed E-state index contributed by atoms with van der Waals surface area (Å²) >= 11 is -2.00. The molecule has 76 valence electrons. The summed E-state index contributed by atoms with van der Waals surface area (Å²) in [6.07, 6.45) is 0.148. The van der Waals surface area contributed by atoms with E-state index < -0.39 is 11.1 Å². The summed E-state index contributed by atoms with van der Waals surface area (Å²) in [5.74, 6) is 0.448. The minimum absolute atomic E-state index is 0.148. The van der Waals surface area contributed by atoms with Crippen LogP contribution in [-0.2, 0) is 15.8 Å². The standard InChI is InChI=1S/C9H10O4S/c10-14(11)9-4-2-1-3-8(9)13-6-7-5-12-7/h1-4,7H,5-6H2,(H,10,11). The van der Waals surface area contributed by atoms with Gasteiger partial charge < -0.3 is 14.0 Å². The van der Waals surface area contributed by atoms with Gasteiger partial charge in [0, 0.05) is 0 Å². The number of benzene rings is 1. The van der Waals surface area contributed by atoms with Gasteiger partial charge in [0.1, 0.15) is 23.4 Å². The van der Waals surface area contributed by atoms with Crippen LogP contribution < -0.4 is 4.74 Å². The normalized spacial score (nSPS) is 21.6. The van der Waals surface area contributed by atoms with Crippen LogP contribution in [0.5, 0.6) is 5.75 Å². The maximum Gasteiger partial charge on any atom is 0.190 e.